The first-order valence-electron chi connectivity index (χ1n) is 9.13. The fourth-order valence-electron chi connectivity index (χ4n) is 3.93. The van der Waals surface area contributed by atoms with Gasteiger partial charge in [0.2, 0.25) is 5.91 Å². The van der Waals surface area contributed by atoms with Crippen molar-refractivity contribution in [3.63, 3.8) is 0 Å². The highest BCUT2D eigenvalue weighted by atomic mass is 32.2. The van der Waals surface area contributed by atoms with Crippen molar-refractivity contribution >= 4 is 29.5 Å². The number of nitriles is 1. The Bertz CT molecular complexity index is 867. The van der Waals surface area contributed by atoms with Crippen molar-refractivity contribution in [1.82, 2.24) is 10.2 Å². The average Bonchev–Trinajstić information content (AvgIpc) is 2.99. The van der Waals surface area contributed by atoms with Crippen LogP contribution in [0.2, 0.25) is 0 Å². The second-order valence-corrected chi connectivity index (χ2v) is 8.20. The molecule has 2 heterocycles. The molecule has 2 aliphatic heterocycles. The molecule has 7 heteroatoms. The Morgan fingerprint density at radius 2 is 1.81 bits per heavy atom. The maximum absolute atomic E-state index is 12.5. The van der Waals surface area contributed by atoms with Crippen LogP contribution in [0.4, 0.5) is 0 Å². The predicted octanol–water partition coefficient (Wildman–Crippen LogP) is 2.83. The van der Waals surface area contributed by atoms with Crippen molar-refractivity contribution in [2.45, 2.75) is 37.5 Å². The Morgan fingerprint density at radius 3 is 2.48 bits per heavy atom. The largest absolute Gasteiger partial charge is 0.341 e. The number of benzene rings is 1. The molecule has 0 aromatic heterocycles. The van der Waals surface area contributed by atoms with Gasteiger partial charge in [-0.3, -0.25) is 19.3 Å². The van der Waals surface area contributed by atoms with Crippen LogP contribution in [0.25, 0.3) is 0 Å². The highest BCUT2D eigenvalue weighted by molar-refractivity contribution is 8.04. The summed E-state index contributed by atoms with van der Waals surface area (Å²) in [5, 5.41) is 12.1. The molecule has 2 atom stereocenters. The van der Waals surface area contributed by atoms with Crippen LogP contribution in [-0.4, -0.2) is 34.5 Å². The molecule has 138 valence electrons. The van der Waals surface area contributed by atoms with E-state index in [-0.39, 0.29) is 17.8 Å². The molecule has 0 saturated heterocycles. The molecule has 3 aliphatic rings. The minimum atomic E-state index is -0.449. The summed E-state index contributed by atoms with van der Waals surface area (Å²) in [5.74, 6) is -1.65. The molecule has 0 saturated carbocycles. The van der Waals surface area contributed by atoms with Crippen molar-refractivity contribution in [2.24, 2.45) is 5.92 Å². The molecule has 0 radical (unpaired) electrons. The Balaban J connectivity index is 1.43. The van der Waals surface area contributed by atoms with Crippen molar-refractivity contribution < 1.29 is 14.4 Å². The molecule has 27 heavy (non-hydrogen) atoms. The topological polar surface area (TPSA) is 90.3 Å². The molecule has 1 aromatic rings. The first kappa shape index (κ1) is 17.8. The average molecular weight is 381 g/mol. The quantitative estimate of drug-likeness (QED) is 0.813. The third kappa shape index (κ3) is 3.15. The van der Waals surface area contributed by atoms with Crippen LogP contribution in [0, 0.1) is 17.2 Å². The summed E-state index contributed by atoms with van der Waals surface area (Å²) in [6.45, 7) is -0.327. The smallest absolute Gasteiger partial charge is 0.262 e. The molecule has 0 bridgehead atoms. The SMILES string of the molecule is N#C[C@@H]1C2=C(CCCCC2)S[C@@H]1NC(=O)CN1C(=O)c2ccccc2C1=O. The van der Waals surface area contributed by atoms with Gasteiger partial charge in [0.05, 0.1) is 28.5 Å². The van der Waals surface area contributed by atoms with Gasteiger partial charge < -0.3 is 5.32 Å². The van der Waals surface area contributed by atoms with Crippen LogP contribution in [0.1, 0.15) is 52.8 Å². The van der Waals surface area contributed by atoms with E-state index in [9.17, 15) is 19.6 Å². The molecule has 1 N–H and O–H groups in total. The number of thioether (sulfide) groups is 1. The van der Waals surface area contributed by atoms with Crippen LogP contribution in [-0.2, 0) is 4.79 Å². The summed E-state index contributed by atoms with van der Waals surface area (Å²) >= 11 is 1.55. The number of rotatable bonds is 3. The number of hydrogen-bond acceptors (Lipinski definition) is 5. The van der Waals surface area contributed by atoms with Crippen LogP contribution in [0.5, 0.6) is 0 Å². The van der Waals surface area contributed by atoms with Gasteiger partial charge in [0.15, 0.2) is 0 Å². The van der Waals surface area contributed by atoms with Gasteiger partial charge in [-0.25, -0.2) is 0 Å². The molecule has 6 nitrogen and oxygen atoms in total. The Kier molecular flexibility index (Phi) is 4.75. The van der Waals surface area contributed by atoms with Gasteiger partial charge in [-0.05, 0) is 48.3 Å². The minimum Gasteiger partial charge on any atom is -0.341 e. The van der Waals surface area contributed by atoms with Gasteiger partial charge in [0.25, 0.3) is 11.8 Å². The number of nitrogens with zero attached hydrogens (tertiary/aromatic N) is 2. The van der Waals surface area contributed by atoms with E-state index < -0.39 is 17.7 Å². The maximum Gasteiger partial charge on any atom is 0.262 e. The highest BCUT2D eigenvalue weighted by Crippen LogP contribution is 2.46. The third-order valence-corrected chi connectivity index (χ3v) is 6.67. The summed E-state index contributed by atoms with van der Waals surface area (Å²) in [4.78, 5) is 39.5. The lowest BCUT2D eigenvalue weighted by Crippen LogP contribution is -2.44. The van der Waals surface area contributed by atoms with E-state index in [0.717, 1.165) is 36.2 Å². The van der Waals surface area contributed by atoms with Crippen molar-refractivity contribution in [1.29, 1.82) is 5.26 Å². The van der Waals surface area contributed by atoms with Crippen LogP contribution in [0.15, 0.2) is 34.7 Å². The summed E-state index contributed by atoms with van der Waals surface area (Å²) in [6.07, 6.45) is 5.23. The Labute approximate surface area is 161 Å². The third-order valence-electron chi connectivity index (χ3n) is 5.28. The van der Waals surface area contributed by atoms with Crippen LogP contribution >= 0.6 is 11.8 Å². The number of carbonyl (C=O) groups is 3. The number of nitrogens with one attached hydrogen (secondary N) is 1. The van der Waals surface area contributed by atoms with Crippen LogP contribution < -0.4 is 5.32 Å². The zero-order chi connectivity index (χ0) is 19.0. The van der Waals surface area contributed by atoms with E-state index >= 15 is 0 Å². The molecule has 0 fully saturated rings. The van der Waals surface area contributed by atoms with E-state index in [4.69, 9.17) is 0 Å². The summed E-state index contributed by atoms with van der Waals surface area (Å²) in [6, 6.07) is 8.90. The standard InChI is InChI=1S/C20H19N3O3S/c21-10-15-12-6-2-1-3-9-16(12)27-18(15)22-17(24)11-23-19(25)13-7-4-5-8-14(13)20(23)26/h4-5,7-8,15,18H,1-3,6,9,11H2,(H,22,24)/t15-,18+/m1/s1. The molecule has 1 aliphatic carbocycles. The first-order chi connectivity index (χ1) is 13.1. The highest BCUT2D eigenvalue weighted by Gasteiger charge is 2.39. The van der Waals surface area contributed by atoms with Gasteiger partial charge in [0.1, 0.15) is 6.54 Å². The minimum absolute atomic E-state index is 0.327. The number of amides is 3. The number of allylic oxidation sites excluding steroid dienone is 1. The molecule has 4 rings (SSSR count). The van der Waals surface area contributed by atoms with E-state index in [1.54, 1.807) is 36.0 Å². The molecule has 1 aromatic carbocycles. The lowest BCUT2D eigenvalue weighted by molar-refractivity contribution is -0.121. The lowest BCUT2D eigenvalue weighted by Gasteiger charge is -2.20. The molecular weight excluding hydrogens is 362 g/mol. The number of imide groups is 1. The number of fused-ring (bicyclic) bond motifs is 1. The lowest BCUT2D eigenvalue weighted by atomic mass is 9.96. The predicted molar refractivity (Wildman–Crippen MR) is 101 cm³/mol. The van der Waals surface area contributed by atoms with Crippen molar-refractivity contribution in [2.75, 3.05) is 6.54 Å². The zero-order valence-electron chi connectivity index (χ0n) is 14.7. The summed E-state index contributed by atoms with van der Waals surface area (Å²) in [7, 11) is 0. The van der Waals surface area contributed by atoms with Crippen molar-refractivity contribution in [3.8, 4) is 6.07 Å². The van der Waals surface area contributed by atoms with Gasteiger partial charge >= 0.3 is 0 Å². The number of carbonyl (C=O) groups excluding carboxylic acids is 3. The zero-order valence-corrected chi connectivity index (χ0v) is 15.6. The van der Waals surface area contributed by atoms with Gasteiger partial charge in [-0.15, -0.1) is 11.8 Å². The second kappa shape index (κ2) is 7.20. The van der Waals surface area contributed by atoms with Gasteiger partial charge in [-0.1, -0.05) is 18.6 Å². The Hall–Kier alpha value is -2.59. The second-order valence-electron chi connectivity index (χ2n) is 6.96. The van der Waals surface area contributed by atoms with Crippen molar-refractivity contribution in [3.05, 3.63) is 45.9 Å². The number of hydrogen-bond donors (Lipinski definition) is 1. The van der Waals surface area contributed by atoms with E-state index in [0.29, 0.717) is 11.1 Å². The molecule has 0 unspecified atom stereocenters. The first-order valence-corrected chi connectivity index (χ1v) is 10.0. The summed E-state index contributed by atoms with van der Waals surface area (Å²) < 4.78 is 0. The fraction of sp³-hybridized carbons (Fsp3) is 0.400. The van der Waals surface area contributed by atoms with E-state index in [2.05, 4.69) is 11.4 Å². The van der Waals surface area contributed by atoms with E-state index in [1.807, 2.05) is 0 Å². The van der Waals surface area contributed by atoms with Crippen LogP contribution in [0.3, 0.4) is 0 Å². The maximum atomic E-state index is 12.5. The van der Waals surface area contributed by atoms with E-state index in [1.165, 1.54) is 11.3 Å². The Morgan fingerprint density at radius 1 is 1.15 bits per heavy atom. The normalized spacial score (nSPS) is 24.3. The van der Waals surface area contributed by atoms with Gasteiger partial charge in [-0.2, -0.15) is 5.26 Å². The molecule has 3 amide bonds. The molecular formula is C20H19N3O3S. The molecule has 0 spiro atoms. The fourth-order valence-corrected chi connectivity index (χ4v) is 5.44. The van der Waals surface area contributed by atoms with Gasteiger partial charge in [0, 0.05) is 0 Å². The summed E-state index contributed by atoms with van der Waals surface area (Å²) in [5.41, 5.74) is 1.81. The monoisotopic (exact) mass is 381 g/mol.